The van der Waals surface area contributed by atoms with Crippen molar-refractivity contribution in [3.05, 3.63) is 187 Å². The van der Waals surface area contributed by atoms with Crippen LogP contribution in [0.25, 0.3) is 108 Å². The fourth-order valence-electron chi connectivity index (χ4n) is 8.24. The van der Waals surface area contributed by atoms with Crippen LogP contribution >= 0.6 is 22.7 Å². The molecule has 0 unspecified atom stereocenters. The van der Waals surface area contributed by atoms with Gasteiger partial charge in [-0.3, -0.25) is 0 Å². The van der Waals surface area contributed by atoms with E-state index in [9.17, 15) is 0 Å². The molecular weight excluding hydrogens is 747 g/mol. The maximum atomic E-state index is 6.56. The minimum absolute atomic E-state index is 0.532. The van der Waals surface area contributed by atoms with Crippen LogP contribution in [0.2, 0.25) is 0 Å². The summed E-state index contributed by atoms with van der Waals surface area (Å²) in [4.78, 5) is 15.1. The van der Waals surface area contributed by atoms with Gasteiger partial charge in [0.2, 0.25) is 0 Å². The average molecular weight is 780 g/mol. The predicted molar refractivity (Wildman–Crippen MR) is 246 cm³/mol. The lowest BCUT2D eigenvalue weighted by Gasteiger charge is -2.10. The van der Waals surface area contributed by atoms with E-state index in [0.29, 0.717) is 17.5 Å². The van der Waals surface area contributed by atoms with Gasteiger partial charge in [0.25, 0.3) is 0 Å². The third kappa shape index (κ3) is 5.60. The number of nitrogens with zero attached hydrogens (tertiary/aromatic N) is 3. The zero-order chi connectivity index (χ0) is 38.7. The van der Waals surface area contributed by atoms with Crippen LogP contribution in [0, 0.1) is 0 Å². The van der Waals surface area contributed by atoms with E-state index in [0.717, 1.165) is 43.9 Å². The lowest BCUT2D eigenvalue weighted by molar-refractivity contribution is 0.574. The second kappa shape index (κ2) is 13.9. The standard InChI is InChI=1S/C52H33N3OS2/c1-3-35(52-54-50(31-15-7-5-8-16-31)53-51(55-52)32-17-9-6-10-18-32)47-40-29-33(26-28-42(40)56-41(47)4-2)36-20-13-23-44-48(36)49-37(21-14-24-45(49)58-44)34-25-27-39-38-19-11-12-22-43(38)57-46(39)30-34/h3-30H,1H2,2H3/b41-4+,47-35+. The van der Waals surface area contributed by atoms with Gasteiger partial charge in [0.15, 0.2) is 17.5 Å². The Balaban J connectivity index is 1.14. The van der Waals surface area contributed by atoms with Crippen LogP contribution in [0.15, 0.2) is 175 Å². The van der Waals surface area contributed by atoms with E-state index < -0.39 is 0 Å². The number of furan rings is 1. The molecule has 58 heavy (non-hydrogen) atoms. The maximum Gasteiger partial charge on any atom is 0.164 e. The molecule has 0 amide bonds. The van der Waals surface area contributed by atoms with Crippen molar-refractivity contribution in [3.8, 4) is 45.0 Å². The minimum Gasteiger partial charge on any atom is -0.456 e. The first-order valence-corrected chi connectivity index (χ1v) is 20.9. The first-order valence-electron chi connectivity index (χ1n) is 19.2. The van der Waals surface area contributed by atoms with Gasteiger partial charge in [0.1, 0.15) is 11.0 Å². The molecule has 0 saturated carbocycles. The molecule has 0 fully saturated rings. The van der Waals surface area contributed by atoms with Gasteiger partial charge < -0.3 is 4.42 Å². The number of rotatable bonds is 6. The van der Waals surface area contributed by atoms with Crippen molar-refractivity contribution >= 4 is 85.6 Å². The zero-order valence-corrected chi connectivity index (χ0v) is 33.1. The molecule has 0 saturated heterocycles. The Hall–Kier alpha value is -6.99. The van der Waals surface area contributed by atoms with Crippen molar-refractivity contribution in [2.75, 3.05) is 0 Å². The third-order valence-electron chi connectivity index (χ3n) is 10.9. The zero-order valence-electron chi connectivity index (χ0n) is 31.4. The first-order chi connectivity index (χ1) is 28.6. The Morgan fingerprint density at radius 1 is 0.517 bits per heavy atom. The SMILES string of the molecule is C=C/C(c1nc(-c2ccccc2)nc(-c2ccccc2)n1)=c1\c(=C/C)oc2ccc(-c3cccc4sc5cccc(-c6ccc7c(c6)sc6ccccc67)c5c34)cc12. The van der Waals surface area contributed by atoms with Gasteiger partial charge in [0.05, 0.1) is 0 Å². The van der Waals surface area contributed by atoms with Crippen LogP contribution in [-0.4, -0.2) is 15.0 Å². The molecule has 0 atom stereocenters. The summed E-state index contributed by atoms with van der Waals surface area (Å²) in [7, 11) is 0. The number of aromatic nitrogens is 3. The summed E-state index contributed by atoms with van der Waals surface area (Å²) in [5.74, 6) is 1.72. The Bertz CT molecular complexity index is 3490. The maximum absolute atomic E-state index is 6.56. The summed E-state index contributed by atoms with van der Waals surface area (Å²) in [5, 5.41) is 7.02. The summed E-state index contributed by atoms with van der Waals surface area (Å²) < 4.78 is 11.7. The van der Waals surface area contributed by atoms with Gasteiger partial charge in [-0.05, 0) is 71.7 Å². The van der Waals surface area contributed by atoms with Gasteiger partial charge in [-0.25, -0.2) is 15.0 Å². The Morgan fingerprint density at radius 3 is 1.74 bits per heavy atom. The lowest BCUT2D eigenvalue weighted by atomic mass is 9.93. The summed E-state index contributed by atoms with van der Waals surface area (Å²) in [6.45, 7) is 6.30. The second-order valence-corrected chi connectivity index (χ2v) is 16.4. The minimum atomic E-state index is 0.532. The number of benzene rings is 7. The first kappa shape index (κ1) is 34.3. The molecule has 11 aromatic rings. The second-order valence-electron chi connectivity index (χ2n) is 14.3. The van der Waals surface area contributed by atoms with E-state index in [1.165, 1.54) is 57.0 Å². The molecule has 11 rings (SSSR count). The van der Waals surface area contributed by atoms with E-state index in [2.05, 4.69) is 104 Å². The van der Waals surface area contributed by atoms with Crippen molar-refractivity contribution in [2.24, 2.45) is 0 Å². The van der Waals surface area contributed by atoms with Gasteiger partial charge in [-0.1, -0.05) is 134 Å². The summed E-state index contributed by atoms with van der Waals surface area (Å²) in [6, 6.07) is 55.6. The predicted octanol–water partition coefficient (Wildman–Crippen LogP) is 13.2. The molecule has 7 aromatic carbocycles. The van der Waals surface area contributed by atoms with Crippen molar-refractivity contribution in [1.29, 1.82) is 0 Å². The summed E-state index contributed by atoms with van der Waals surface area (Å²) >= 11 is 3.70. The summed E-state index contributed by atoms with van der Waals surface area (Å²) in [6.07, 6.45) is 3.85. The Morgan fingerprint density at radius 2 is 1.09 bits per heavy atom. The fraction of sp³-hybridized carbons (Fsp3) is 0.0192. The molecule has 0 aliphatic heterocycles. The molecule has 0 N–H and O–H groups in total. The number of fused-ring (bicyclic) bond motifs is 7. The normalized spacial score (nSPS) is 12.7. The van der Waals surface area contributed by atoms with E-state index in [1.807, 2.05) is 102 Å². The smallest absolute Gasteiger partial charge is 0.164 e. The number of allylic oxidation sites excluding steroid dienone is 1. The van der Waals surface area contributed by atoms with Crippen LogP contribution in [-0.2, 0) is 0 Å². The Kier molecular flexibility index (Phi) is 8.21. The van der Waals surface area contributed by atoms with Gasteiger partial charge >= 0.3 is 0 Å². The Labute approximate surface area is 342 Å². The molecule has 274 valence electrons. The van der Waals surface area contributed by atoms with Crippen molar-refractivity contribution < 1.29 is 4.42 Å². The molecule has 0 aliphatic rings. The lowest BCUT2D eigenvalue weighted by Crippen LogP contribution is -2.24. The number of thiophene rings is 2. The van der Waals surface area contributed by atoms with Crippen LogP contribution in [0.3, 0.4) is 0 Å². The van der Waals surface area contributed by atoms with Gasteiger partial charge in [-0.2, -0.15) is 0 Å². The molecule has 4 heterocycles. The van der Waals surface area contributed by atoms with Crippen molar-refractivity contribution in [2.45, 2.75) is 6.92 Å². The van der Waals surface area contributed by atoms with Crippen molar-refractivity contribution in [3.63, 3.8) is 0 Å². The van der Waals surface area contributed by atoms with Crippen LogP contribution in [0.1, 0.15) is 12.7 Å². The largest absolute Gasteiger partial charge is 0.456 e. The molecule has 4 nitrogen and oxygen atoms in total. The highest BCUT2D eigenvalue weighted by Gasteiger charge is 2.19. The monoisotopic (exact) mass is 779 g/mol. The topological polar surface area (TPSA) is 51.8 Å². The quantitative estimate of drug-likeness (QED) is 0.169. The van der Waals surface area contributed by atoms with Crippen molar-refractivity contribution in [1.82, 2.24) is 15.0 Å². The molecular formula is C52H33N3OS2. The number of hydrogen-bond donors (Lipinski definition) is 0. The van der Waals surface area contributed by atoms with E-state index in [4.69, 9.17) is 19.4 Å². The highest BCUT2D eigenvalue weighted by atomic mass is 32.1. The number of hydrogen-bond acceptors (Lipinski definition) is 6. The molecule has 4 aromatic heterocycles. The molecule has 0 bridgehead atoms. The fourth-order valence-corrected chi connectivity index (χ4v) is 10.5. The van der Waals surface area contributed by atoms with E-state index >= 15 is 0 Å². The highest BCUT2D eigenvalue weighted by Crippen LogP contribution is 2.45. The van der Waals surface area contributed by atoms with Crippen LogP contribution in [0.4, 0.5) is 0 Å². The van der Waals surface area contributed by atoms with Gasteiger partial charge in [0, 0.05) is 67.6 Å². The molecule has 0 spiro atoms. The highest BCUT2D eigenvalue weighted by molar-refractivity contribution is 7.26. The van der Waals surface area contributed by atoms with Crippen LogP contribution in [0.5, 0.6) is 0 Å². The molecule has 6 heteroatoms. The van der Waals surface area contributed by atoms with Crippen LogP contribution < -0.4 is 10.6 Å². The average Bonchev–Trinajstić information content (AvgIpc) is 3.98. The molecule has 0 radical (unpaired) electrons. The third-order valence-corrected chi connectivity index (χ3v) is 13.2. The van der Waals surface area contributed by atoms with Gasteiger partial charge in [-0.15, -0.1) is 22.7 Å². The van der Waals surface area contributed by atoms with E-state index in [-0.39, 0.29) is 0 Å². The molecule has 0 aliphatic carbocycles. The van der Waals surface area contributed by atoms with E-state index in [1.54, 1.807) is 0 Å². The summed E-state index contributed by atoms with van der Waals surface area (Å²) in [5.41, 5.74) is 8.86.